The summed E-state index contributed by atoms with van der Waals surface area (Å²) >= 11 is 0. The van der Waals surface area contributed by atoms with Gasteiger partial charge in [-0.05, 0) is 323 Å². The van der Waals surface area contributed by atoms with Crippen molar-refractivity contribution < 1.29 is 28.6 Å². The van der Waals surface area contributed by atoms with Crippen molar-refractivity contribution in [2.45, 2.75) is 222 Å². The van der Waals surface area contributed by atoms with E-state index in [1.807, 2.05) is 44.5 Å². The molecule has 0 amide bonds. The zero-order valence-corrected chi connectivity index (χ0v) is 85.2. The number of benzene rings is 12. The molecule has 5 aromatic heterocycles. The van der Waals surface area contributed by atoms with Crippen LogP contribution in [-0.4, -0.2) is 0 Å². The third-order valence-electron chi connectivity index (χ3n) is 29.1. The highest BCUT2D eigenvalue weighted by Crippen LogP contribution is 2.51. The first-order valence-corrected chi connectivity index (χ1v) is 49.0. The summed E-state index contributed by atoms with van der Waals surface area (Å²) in [4.78, 5) is 0. The Morgan fingerprint density at radius 1 is 0.308 bits per heavy atom. The fourth-order valence-electron chi connectivity index (χ4n) is 21.5. The van der Waals surface area contributed by atoms with E-state index in [1.54, 1.807) is 0 Å². The predicted molar refractivity (Wildman–Crippen MR) is 565 cm³/mol. The van der Waals surface area contributed by atoms with Gasteiger partial charge in [0.05, 0.1) is 49.2 Å². The number of aromatic nitrogens is 5. The standard InChI is InChI=1S/C31H34N.C26H28N.C24H29FN.C23H26N.C23H28N/c1-19(2)14-22-12-13-24-23(17-22)16-21(4)32(7)30(24)26-18-29-27(15-20(26)3)25-10-8-9-11-28(25)31(29,5)6;1-17(2)12-20-10-11-24-23(15-20)14-19(4)27(5)26(24)25-16-22-9-7-6-8-21(22)13-18(25)3;1-14(2)10-19-8-9-21-20(13-19)12-16(4)26(7)24(21)22-11-15(3)23(25)18(6)17(22)5;1-16-8-4-7-11-21(16)23-22-13-12-19(18-9-5-6-10-18)15-20(22)14-17(2)24(23)3;1-15(2)11-19-7-8-21-20(14-19)9-10-24(6)23(21)22-13-16(3)12-17(4)18(22)5/h8-13,15-19H,14H2,1-7H3;6-11,13-17H,12H2,1-5H3;8-9,11-14H,10H2,1-7H3;4,7-8,11-15,18H,5-6,9-10H2,1-3H3;7-10,12-15H,11H2,1-6H3/q5*+1/i;;;;10D. The van der Waals surface area contributed by atoms with Crippen LogP contribution in [-0.2, 0) is 66.3 Å². The van der Waals surface area contributed by atoms with Crippen LogP contribution in [0.4, 0.5) is 4.39 Å². The maximum atomic E-state index is 14.3. The van der Waals surface area contributed by atoms with Crippen LogP contribution in [0.2, 0.25) is 0 Å². The lowest BCUT2D eigenvalue weighted by molar-refractivity contribution is -0.665. The Labute approximate surface area is 796 Å². The average molecular weight is 1760 g/mol. The first-order valence-electron chi connectivity index (χ1n) is 49.5. The zero-order chi connectivity index (χ0) is 96.1. The molecule has 680 valence electrons. The number of nitrogens with zero attached hydrogens (tertiary/aromatic N) is 5. The minimum absolute atomic E-state index is 0.0109. The maximum absolute atomic E-state index is 14.3. The second kappa shape index (κ2) is 39.6. The van der Waals surface area contributed by atoms with Crippen LogP contribution in [0.1, 0.15) is 214 Å². The van der Waals surface area contributed by atoms with E-state index < -0.39 is 0 Å². The molecule has 5 nitrogen and oxygen atoms in total. The van der Waals surface area contributed by atoms with Gasteiger partial charge in [0.15, 0.2) is 28.9 Å². The SMILES string of the molecule is Cc1cc(-c2c3ccc(CC(C)C)cc3cc(C)[n+]2C)c(C)c(C)c1F.Cc1cc2c(cc1-c1c3ccc(CC(C)C)cc3cc(C)[n+]1C)C(C)(C)c1ccccc1-2.Cc1cc2ccccc2cc1-c1c2ccc(CC(C)C)cc2cc(C)[n+]1C.Cc1ccccc1-c1c2ccc(C3CCCC3)cc2cc(C)[n+]1C.[2H]c1cc2cc(CC(C)C)ccc2c(-c2cc(C)cc(C)c2C)[n+]1C. The van der Waals surface area contributed by atoms with Crippen molar-refractivity contribution in [2.24, 2.45) is 58.9 Å². The molecule has 133 heavy (non-hydrogen) atoms. The van der Waals surface area contributed by atoms with Crippen molar-refractivity contribution in [3.63, 3.8) is 0 Å². The minimum Gasteiger partial charge on any atom is -0.206 e. The Balaban J connectivity index is 0.000000128. The van der Waals surface area contributed by atoms with Gasteiger partial charge in [0, 0.05) is 69.0 Å². The summed E-state index contributed by atoms with van der Waals surface area (Å²) in [5.41, 5.74) is 40.8. The van der Waals surface area contributed by atoms with Crippen molar-refractivity contribution >= 4 is 64.6 Å². The Morgan fingerprint density at radius 3 is 1.19 bits per heavy atom. The summed E-state index contributed by atoms with van der Waals surface area (Å²) < 4.78 is 34.1. The Kier molecular flexibility index (Phi) is 28.0. The van der Waals surface area contributed by atoms with Crippen molar-refractivity contribution in [2.75, 3.05) is 0 Å². The molecule has 0 unspecified atom stereocenters. The quantitative estimate of drug-likeness (QED) is 0.0967. The van der Waals surface area contributed by atoms with E-state index in [0.717, 1.165) is 59.4 Å². The number of pyridine rings is 5. The van der Waals surface area contributed by atoms with E-state index in [2.05, 4.69) is 409 Å². The summed E-state index contributed by atoms with van der Waals surface area (Å²) in [5, 5.41) is 15.5. The van der Waals surface area contributed by atoms with Crippen molar-refractivity contribution in [1.29, 1.82) is 0 Å². The molecule has 12 aromatic carbocycles. The van der Waals surface area contributed by atoms with Crippen LogP contribution >= 0.6 is 0 Å². The number of fused-ring (bicyclic) bond motifs is 9. The smallest absolute Gasteiger partial charge is 0.206 e. The van der Waals surface area contributed by atoms with E-state index in [4.69, 9.17) is 1.37 Å². The molecule has 0 spiro atoms. The summed E-state index contributed by atoms with van der Waals surface area (Å²) in [7, 11) is 10.7. The van der Waals surface area contributed by atoms with Crippen LogP contribution in [0.5, 0.6) is 0 Å². The summed E-state index contributed by atoms with van der Waals surface area (Å²) in [6, 6.07) is 88.2. The second-order valence-electron chi connectivity index (χ2n) is 41.6. The van der Waals surface area contributed by atoms with Crippen molar-refractivity contribution in [1.82, 2.24) is 0 Å². The molecule has 1 saturated carbocycles. The van der Waals surface area contributed by atoms with Crippen molar-refractivity contribution in [3.05, 3.63) is 360 Å². The molecule has 0 radical (unpaired) electrons. The van der Waals surface area contributed by atoms with E-state index in [-0.39, 0.29) is 11.2 Å². The molecule has 6 heteroatoms. The molecule has 17 aromatic rings. The molecular formula is C127H145FN5+5. The third kappa shape index (κ3) is 19.8. The molecule has 1 fully saturated rings. The van der Waals surface area contributed by atoms with Crippen LogP contribution in [0.15, 0.2) is 243 Å². The van der Waals surface area contributed by atoms with Crippen LogP contribution in [0, 0.1) is 119 Å². The zero-order valence-electron chi connectivity index (χ0n) is 86.2. The van der Waals surface area contributed by atoms with Gasteiger partial charge >= 0.3 is 0 Å². The third-order valence-corrected chi connectivity index (χ3v) is 29.1. The highest BCUT2D eigenvalue weighted by Gasteiger charge is 2.38. The maximum Gasteiger partial charge on any atom is 0.220 e. The van der Waals surface area contributed by atoms with Gasteiger partial charge in [0.2, 0.25) is 28.5 Å². The highest BCUT2D eigenvalue weighted by molar-refractivity contribution is 6.01. The largest absolute Gasteiger partial charge is 0.220 e. The van der Waals surface area contributed by atoms with Crippen LogP contribution in [0.3, 0.4) is 0 Å². The van der Waals surface area contributed by atoms with Gasteiger partial charge in [-0.15, -0.1) is 0 Å². The number of halogens is 1. The lowest BCUT2D eigenvalue weighted by atomic mass is 9.81. The van der Waals surface area contributed by atoms with Gasteiger partial charge in [-0.25, -0.2) is 8.96 Å². The monoisotopic (exact) mass is 1760 g/mol. The number of rotatable bonds is 14. The number of hydrogen-bond donors (Lipinski definition) is 0. The molecule has 19 rings (SSSR count). The lowest BCUT2D eigenvalue weighted by Gasteiger charge is -2.22. The van der Waals surface area contributed by atoms with Crippen LogP contribution < -0.4 is 22.8 Å². The Bertz CT molecular complexity index is 7410. The number of aryl methyl sites for hydroxylation is 10. The Morgan fingerprint density at radius 2 is 0.699 bits per heavy atom. The highest BCUT2D eigenvalue weighted by atomic mass is 19.1. The Hall–Kier alpha value is -12.1. The normalized spacial score (nSPS) is 13.0. The van der Waals surface area contributed by atoms with E-state index in [9.17, 15) is 4.39 Å². The summed E-state index contributed by atoms with van der Waals surface area (Å²) in [6.45, 7) is 50.6. The second-order valence-corrected chi connectivity index (χ2v) is 41.6. The molecule has 0 saturated heterocycles. The fraction of sp³-hybridized carbons (Fsp3) is 0.331. The molecular weight excluding hydrogens is 1610 g/mol. The molecule has 0 bridgehead atoms. The molecule has 2 aliphatic carbocycles. The predicted octanol–water partition coefficient (Wildman–Crippen LogP) is 30.7. The first kappa shape index (κ1) is 94.1. The summed E-state index contributed by atoms with van der Waals surface area (Å²) in [6.07, 6.45) is 10.4. The van der Waals surface area contributed by atoms with Gasteiger partial charge in [0.25, 0.3) is 0 Å². The van der Waals surface area contributed by atoms with Gasteiger partial charge < -0.3 is 0 Å². The van der Waals surface area contributed by atoms with E-state index in [1.165, 1.54) is 236 Å². The van der Waals surface area contributed by atoms with E-state index in [0.29, 0.717) is 35.4 Å². The van der Waals surface area contributed by atoms with Gasteiger partial charge in [0.1, 0.15) is 42.4 Å². The molecule has 0 N–H and O–H groups in total. The fourth-order valence-corrected chi connectivity index (χ4v) is 21.5. The molecule has 5 heterocycles. The number of hydrogen-bond acceptors (Lipinski definition) is 0. The average Bonchev–Trinajstić information content (AvgIpc) is 1.57. The van der Waals surface area contributed by atoms with Gasteiger partial charge in [-0.1, -0.05) is 233 Å². The molecule has 2 aliphatic rings. The minimum atomic E-state index is -0.0925. The van der Waals surface area contributed by atoms with Crippen LogP contribution in [0.25, 0.3) is 132 Å². The van der Waals surface area contributed by atoms with E-state index >= 15 is 0 Å². The summed E-state index contributed by atoms with van der Waals surface area (Å²) in [5.74, 6) is 3.28. The lowest BCUT2D eigenvalue weighted by Crippen LogP contribution is -2.35. The molecule has 0 aliphatic heterocycles. The topological polar surface area (TPSA) is 19.4 Å². The van der Waals surface area contributed by atoms with Gasteiger partial charge in [-0.2, -0.15) is 18.3 Å². The first-order chi connectivity index (χ1) is 63.7. The van der Waals surface area contributed by atoms with Crippen molar-refractivity contribution in [3.8, 4) is 67.4 Å². The molecule has 0 atom stereocenters. The van der Waals surface area contributed by atoms with Gasteiger partial charge in [-0.3, -0.25) is 0 Å².